The molecule has 0 bridgehead atoms. The van der Waals surface area contributed by atoms with Crippen LogP contribution in [0.3, 0.4) is 0 Å². The van der Waals surface area contributed by atoms with Gasteiger partial charge in [-0.15, -0.1) is 0 Å². The zero-order valence-corrected chi connectivity index (χ0v) is 11.4. The van der Waals surface area contributed by atoms with Crippen molar-refractivity contribution in [1.82, 2.24) is 9.97 Å². The van der Waals surface area contributed by atoms with Gasteiger partial charge in [-0.05, 0) is 30.5 Å². The highest BCUT2D eigenvalue weighted by Crippen LogP contribution is 2.23. The van der Waals surface area contributed by atoms with Crippen molar-refractivity contribution in [3.05, 3.63) is 47.3 Å². The van der Waals surface area contributed by atoms with Crippen LogP contribution in [0.1, 0.15) is 36.6 Å². The minimum atomic E-state index is -0.0606. The molecule has 0 aliphatic heterocycles. The summed E-state index contributed by atoms with van der Waals surface area (Å²) in [5.74, 6) is 1.17. The predicted octanol–water partition coefficient (Wildman–Crippen LogP) is 3.19. The maximum atomic E-state index is 9.08. The van der Waals surface area contributed by atoms with E-state index in [9.17, 15) is 0 Å². The molecule has 0 atom stereocenters. The maximum absolute atomic E-state index is 9.08. The summed E-state index contributed by atoms with van der Waals surface area (Å²) in [5, 5.41) is 9.08. The van der Waals surface area contributed by atoms with Crippen LogP contribution in [0.25, 0.3) is 0 Å². The Morgan fingerprint density at radius 1 is 1.32 bits per heavy atom. The molecule has 0 aliphatic carbocycles. The summed E-state index contributed by atoms with van der Waals surface area (Å²) in [5.41, 5.74) is 2.65. The van der Waals surface area contributed by atoms with E-state index in [1.807, 2.05) is 25.1 Å². The van der Waals surface area contributed by atoms with Gasteiger partial charge in [0.15, 0.2) is 0 Å². The zero-order valence-electron chi connectivity index (χ0n) is 11.4. The number of aromatic nitrogens is 2. The molecular formula is C15H18N2O2. The van der Waals surface area contributed by atoms with Gasteiger partial charge in [-0.3, -0.25) is 0 Å². The van der Waals surface area contributed by atoms with E-state index >= 15 is 0 Å². The molecule has 0 radical (unpaired) electrons. The molecule has 1 aromatic heterocycles. The van der Waals surface area contributed by atoms with E-state index in [4.69, 9.17) is 9.84 Å². The lowest BCUT2D eigenvalue weighted by Gasteiger charge is -2.09. The fourth-order valence-electron chi connectivity index (χ4n) is 1.72. The second-order valence-corrected chi connectivity index (χ2v) is 4.75. The number of aliphatic hydroxyl groups excluding tert-OH is 1. The van der Waals surface area contributed by atoms with E-state index in [0.717, 1.165) is 11.4 Å². The molecule has 1 aromatic carbocycles. The van der Waals surface area contributed by atoms with E-state index in [0.29, 0.717) is 17.5 Å². The third-order valence-corrected chi connectivity index (χ3v) is 2.96. The molecular weight excluding hydrogens is 240 g/mol. The molecule has 19 heavy (non-hydrogen) atoms. The van der Waals surface area contributed by atoms with Crippen LogP contribution < -0.4 is 4.74 Å². The number of aliphatic hydroxyl groups is 1. The van der Waals surface area contributed by atoms with E-state index in [-0.39, 0.29) is 6.61 Å². The number of benzene rings is 1. The Labute approximate surface area is 113 Å². The molecule has 2 rings (SSSR count). The molecule has 0 unspecified atom stereocenters. The highest BCUT2D eigenvalue weighted by Gasteiger charge is 2.06. The number of hydrogen-bond donors (Lipinski definition) is 1. The lowest BCUT2D eigenvalue weighted by molar-refractivity contribution is 0.279. The van der Waals surface area contributed by atoms with E-state index in [2.05, 4.69) is 29.9 Å². The van der Waals surface area contributed by atoms with Gasteiger partial charge in [0, 0.05) is 11.8 Å². The Morgan fingerprint density at radius 3 is 2.74 bits per heavy atom. The number of aryl methyl sites for hydroxylation is 1. The number of nitrogens with zero attached hydrogens (tertiary/aromatic N) is 2. The van der Waals surface area contributed by atoms with Crippen LogP contribution in [0.15, 0.2) is 30.5 Å². The van der Waals surface area contributed by atoms with Crippen molar-refractivity contribution < 1.29 is 9.84 Å². The largest absolute Gasteiger partial charge is 0.424 e. The zero-order chi connectivity index (χ0) is 13.8. The van der Waals surface area contributed by atoms with Gasteiger partial charge in [-0.2, -0.15) is 4.98 Å². The average Bonchev–Trinajstić information content (AvgIpc) is 2.39. The summed E-state index contributed by atoms with van der Waals surface area (Å²) < 4.78 is 5.65. The molecule has 4 nitrogen and oxygen atoms in total. The Hall–Kier alpha value is -1.94. The molecule has 1 N–H and O–H groups in total. The van der Waals surface area contributed by atoms with Gasteiger partial charge in [0.1, 0.15) is 5.75 Å². The third-order valence-electron chi connectivity index (χ3n) is 2.96. The van der Waals surface area contributed by atoms with E-state index < -0.39 is 0 Å². The van der Waals surface area contributed by atoms with Crippen molar-refractivity contribution in [2.75, 3.05) is 0 Å². The van der Waals surface area contributed by atoms with Gasteiger partial charge >= 0.3 is 6.01 Å². The smallest absolute Gasteiger partial charge is 0.322 e. The third kappa shape index (κ3) is 3.29. The lowest BCUT2D eigenvalue weighted by Crippen LogP contribution is -1.98. The van der Waals surface area contributed by atoms with Crippen molar-refractivity contribution in [3.63, 3.8) is 0 Å². The molecule has 1 heterocycles. The first-order valence-electron chi connectivity index (χ1n) is 6.31. The summed E-state index contributed by atoms with van der Waals surface area (Å²) in [6.45, 7) is 6.03. The van der Waals surface area contributed by atoms with E-state index in [1.165, 1.54) is 5.56 Å². The molecule has 2 aromatic rings. The van der Waals surface area contributed by atoms with Crippen LogP contribution in [0, 0.1) is 6.92 Å². The highest BCUT2D eigenvalue weighted by molar-refractivity contribution is 5.32. The first-order valence-corrected chi connectivity index (χ1v) is 6.31. The minimum Gasteiger partial charge on any atom is -0.424 e. The van der Waals surface area contributed by atoms with E-state index in [1.54, 1.807) is 6.20 Å². The van der Waals surface area contributed by atoms with Gasteiger partial charge < -0.3 is 9.84 Å². The predicted molar refractivity (Wildman–Crippen MR) is 73.3 cm³/mol. The molecule has 0 spiro atoms. The Bertz CT molecular complexity index is 568. The molecule has 0 saturated heterocycles. The van der Waals surface area contributed by atoms with Crippen molar-refractivity contribution >= 4 is 0 Å². The van der Waals surface area contributed by atoms with Gasteiger partial charge in [-0.25, -0.2) is 4.98 Å². The van der Waals surface area contributed by atoms with Gasteiger partial charge in [0.2, 0.25) is 0 Å². The van der Waals surface area contributed by atoms with Gasteiger partial charge in [-0.1, -0.05) is 26.0 Å². The van der Waals surface area contributed by atoms with Crippen molar-refractivity contribution in [3.8, 4) is 11.8 Å². The molecule has 0 saturated carbocycles. The number of rotatable bonds is 4. The van der Waals surface area contributed by atoms with Crippen LogP contribution in [-0.2, 0) is 6.61 Å². The van der Waals surface area contributed by atoms with Crippen molar-refractivity contribution in [2.45, 2.75) is 33.3 Å². The summed E-state index contributed by atoms with van der Waals surface area (Å²) in [6, 6.07) is 8.20. The summed E-state index contributed by atoms with van der Waals surface area (Å²) in [7, 11) is 0. The molecule has 0 fully saturated rings. The SMILES string of the molecule is Cc1nc(Oc2cccc(C(C)C)c2)ncc1CO. The van der Waals surface area contributed by atoms with Crippen LogP contribution in [0.2, 0.25) is 0 Å². The Kier molecular flexibility index (Phi) is 4.12. The summed E-state index contributed by atoms with van der Waals surface area (Å²) in [6.07, 6.45) is 1.59. The second kappa shape index (κ2) is 5.80. The highest BCUT2D eigenvalue weighted by atomic mass is 16.5. The second-order valence-electron chi connectivity index (χ2n) is 4.75. The quantitative estimate of drug-likeness (QED) is 0.915. The standard InChI is InChI=1S/C15H18N2O2/c1-10(2)12-5-4-6-14(7-12)19-15-16-8-13(9-18)11(3)17-15/h4-8,10,18H,9H2,1-3H3. The topological polar surface area (TPSA) is 55.2 Å². The number of ether oxygens (including phenoxy) is 1. The monoisotopic (exact) mass is 258 g/mol. The summed E-state index contributed by atoms with van der Waals surface area (Å²) in [4.78, 5) is 8.31. The van der Waals surface area contributed by atoms with Crippen molar-refractivity contribution in [1.29, 1.82) is 0 Å². The van der Waals surface area contributed by atoms with Crippen LogP contribution in [0.5, 0.6) is 11.8 Å². The normalized spacial score (nSPS) is 10.8. The first kappa shape index (κ1) is 13.5. The molecule has 4 heteroatoms. The van der Waals surface area contributed by atoms with Crippen LogP contribution >= 0.6 is 0 Å². The Morgan fingerprint density at radius 2 is 2.11 bits per heavy atom. The fraction of sp³-hybridized carbons (Fsp3) is 0.333. The van der Waals surface area contributed by atoms with Gasteiger partial charge in [0.05, 0.1) is 12.3 Å². The molecule has 100 valence electrons. The van der Waals surface area contributed by atoms with Crippen LogP contribution in [0.4, 0.5) is 0 Å². The number of hydrogen-bond acceptors (Lipinski definition) is 4. The van der Waals surface area contributed by atoms with Crippen molar-refractivity contribution in [2.24, 2.45) is 0 Å². The fourth-order valence-corrected chi connectivity index (χ4v) is 1.72. The lowest BCUT2D eigenvalue weighted by atomic mass is 10.0. The van der Waals surface area contributed by atoms with Crippen LogP contribution in [-0.4, -0.2) is 15.1 Å². The van der Waals surface area contributed by atoms with Gasteiger partial charge in [0.25, 0.3) is 0 Å². The molecule has 0 amide bonds. The maximum Gasteiger partial charge on any atom is 0.322 e. The Balaban J connectivity index is 2.21. The molecule has 0 aliphatic rings. The minimum absolute atomic E-state index is 0.0606. The first-order chi connectivity index (χ1) is 9.10. The summed E-state index contributed by atoms with van der Waals surface area (Å²) >= 11 is 0. The average molecular weight is 258 g/mol.